The lowest BCUT2D eigenvalue weighted by Gasteiger charge is -2.17. The van der Waals surface area contributed by atoms with Crippen molar-refractivity contribution in [1.29, 1.82) is 10.5 Å². The Morgan fingerprint density at radius 3 is 2.47 bits per heavy atom. The third-order valence-corrected chi connectivity index (χ3v) is 5.45. The van der Waals surface area contributed by atoms with Crippen molar-refractivity contribution in [2.75, 3.05) is 17.2 Å². The number of nitrogens with zero attached hydrogens (tertiary/aromatic N) is 4. The number of H-pyrrole nitrogens is 1. The summed E-state index contributed by atoms with van der Waals surface area (Å²) in [5.41, 5.74) is 2.50. The number of aromatic nitrogens is 3. The van der Waals surface area contributed by atoms with Crippen LogP contribution < -0.4 is 10.6 Å². The van der Waals surface area contributed by atoms with Crippen LogP contribution in [0.15, 0.2) is 41.7 Å². The molecule has 162 valence electrons. The number of thioether (sulfide) groups is 1. The lowest BCUT2D eigenvalue weighted by molar-refractivity contribution is -0.114. The Hall–Kier alpha value is -3.82. The van der Waals surface area contributed by atoms with E-state index < -0.39 is 0 Å². The molecule has 2 aromatic heterocycles. The molecule has 3 N–H and O–H groups in total. The van der Waals surface area contributed by atoms with Crippen LogP contribution >= 0.6 is 11.8 Å². The molecule has 0 fully saturated rings. The molecule has 0 aliphatic rings. The predicted molar refractivity (Wildman–Crippen MR) is 125 cm³/mol. The molecule has 0 saturated carbocycles. The SMILES string of the molecule is CC(=O)Nc1ccc(-c2c(C#N)c(NCC(C)C)nc(SCc3ncc[nH]3)c2C#N)cc1. The standard InChI is InChI=1S/C23H23N7OS/c1-14(2)12-28-22-18(10-24)21(16-4-6-17(7-5-16)29-15(3)31)19(11-25)23(30-22)32-13-20-26-8-9-27-20/h4-9,14H,12-13H2,1-3H3,(H,26,27)(H,28,30)(H,29,31). The average molecular weight is 446 g/mol. The van der Waals surface area contributed by atoms with Gasteiger partial charge in [-0.05, 0) is 23.6 Å². The van der Waals surface area contributed by atoms with Crippen LogP contribution in [0.25, 0.3) is 11.1 Å². The van der Waals surface area contributed by atoms with Crippen LogP contribution in [0.4, 0.5) is 11.5 Å². The fraction of sp³-hybridized carbons (Fsp3) is 0.261. The summed E-state index contributed by atoms with van der Waals surface area (Å²) in [7, 11) is 0. The van der Waals surface area contributed by atoms with E-state index in [4.69, 9.17) is 0 Å². The molecule has 3 rings (SSSR count). The first-order valence-electron chi connectivity index (χ1n) is 10.0. The van der Waals surface area contributed by atoms with Crippen LogP contribution in [-0.4, -0.2) is 27.4 Å². The Bertz CT molecular complexity index is 1170. The molecule has 9 heteroatoms. The summed E-state index contributed by atoms with van der Waals surface area (Å²) in [6.45, 7) is 6.21. The molecular formula is C23H23N7OS. The molecule has 0 radical (unpaired) electrons. The highest BCUT2D eigenvalue weighted by Crippen LogP contribution is 2.37. The molecule has 8 nitrogen and oxygen atoms in total. The Labute approximate surface area is 191 Å². The van der Waals surface area contributed by atoms with Crippen LogP contribution in [0.3, 0.4) is 0 Å². The number of carbonyl (C=O) groups is 1. The van der Waals surface area contributed by atoms with Gasteiger partial charge in [-0.1, -0.05) is 37.7 Å². The van der Waals surface area contributed by atoms with Gasteiger partial charge in [-0.25, -0.2) is 9.97 Å². The van der Waals surface area contributed by atoms with Crippen molar-refractivity contribution in [3.8, 4) is 23.3 Å². The fourth-order valence-electron chi connectivity index (χ4n) is 3.04. The summed E-state index contributed by atoms with van der Waals surface area (Å²) in [6.07, 6.45) is 3.41. The van der Waals surface area contributed by atoms with Crippen molar-refractivity contribution in [2.24, 2.45) is 5.92 Å². The summed E-state index contributed by atoms with van der Waals surface area (Å²) >= 11 is 1.38. The molecule has 0 aliphatic carbocycles. The van der Waals surface area contributed by atoms with Gasteiger partial charge in [-0.2, -0.15) is 10.5 Å². The van der Waals surface area contributed by atoms with Crippen LogP contribution in [0, 0.1) is 28.6 Å². The van der Waals surface area contributed by atoms with E-state index in [1.54, 1.807) is 36.7 Å². The summed E-state index contributed by atoms with van der Waals surface area (Å²) < 4.78 is 0. The van der Waals surface area contributed by atoms with Gasteiger partial charge in [0.1, 0.15) is 34.4 Å². The highest BCUT2D eigenvalue weighted by atomic mass is 32.2. The number of hydrogen-bond donors (Lipinski definition) is 3. The molecule has 0 saturated heterocycles. The Morgan fingerprint density at radius 1 is 1.19 bits per heavy atom. The first-order chi connectivity index (χ1) is 15.4. The Kier molecular flexibility index (Phi) is 7.48. The maximum absolute atomic E-state index is 11.3. The van der Waals surface area contributed by atoms with Crippen LogP contribution in [-0.2, 0) is 10.5 Å². The molecule has 0 spiro atoms. The molecule has 0 aliphatic heterocycles. The van der Waals surface area contributed by atoms with Crippen LogP contribution in [0.5, 0.6) is 0 Å². The van der Waals surface area contributed by atoms with E-state index in [0.29, 0.717) is 57.0 Å². The molecule has 0 unspecified atom stereocenters. The maximum atomic E-state index is 11.3. The third-order valence-electron chi connectivity index (χ3n) is 4.46. The average Bonchev–Trinajstić information content (AvgIpc) is 3.29. The second kappa shape index (κ2) is 10.5. The zero-order valence-corrected chi connectivity index (χ0v) is 18.9. The monoisotopic (exact) mass is 445 g/mol. The van der Waals surface area contributed by atoms with Crippen molar-refractivity contribution in [3.63, 3.8) is 0 Å². The molecule has 0 bridgehead atoms. The maximum Gasteiger partial charge on any atom is 0.221 e. The van der Waals surface area contributed by atoms with E-state index >= 15 is 0 Å². The normalized spacial score (nSPS) is 10.4. The van der Waals surface area contributed by atoms with Crippen molar-refractivity contribution in [1.82, 2.24) is 15.0 Å². The molecule has 3 aromatic rings. The first-order valence-corrected chi connectivity index (χ1v) is 11.0. The van der Waals surface area contributed by atoms with Crippen molar-refractivity contribution in [2.45, 2.75) is 31.6 Å². The topological polar surface area (TPSA) is 130 Å². The number of nitrogens with one attached hydrogen (secondary N) is 3. The zero-order chi connectivity index (χ0) is 23.1. The molecule has 0 atom stereocenters. The number of imidazole rings is 1. The number of aromatic amines is 1. The van der Waals surface area contributed by atoms with Gasteiger partial charge in [-0.15, -0.1) is 0 Å². The summed E-state index contributed by atoms with van der Waals surface area (Å²) in [6, 6.07) is 11.5. The summed E-state index contributed by atoms with van der Waals surface area (Å²) in [5.74, 6) is 1.89. The number of anilines is 2. The van der Waals surface area contributed by atoms with Gasteiger partial charge in [0, 0.05) is 37.1 Å². The molecule has 2 heterocycles. The zero-order valence-electron chi connectivity index (χ0n) is 18.1. The summed E-state index contributed by atoms with van der Waals surface area (Å²) in [5, 5.41) is 26.5. The van der Waals surface area contributed by atoms with Gasteiger partial charge >= 0.3 is 0 Å². The van der Waals surface area contributed by atoms with Crippen molar-refractivity contribution in [3.05, 3.63) is 53.6 Å². The van der Waals surface area contributed by atoms with Gasteiger partial charge < -0.3 is 15.6 Å². The largest absolute Gasteiger partial charge is 0.369 e. The second-order valence-corrected chi connectivity index (χ2v) is 8.44. The highest BCUT2D eigenvalue weighted by molar-refractivity contribution is 7.98. The van der Waals surface area contributed by atoms with E-state index in [2.05, 4.69) is 51.6 Å². The second-order valence-electron chi connectivity index (χ2n) is 7.47. The highest BCUT2D eigenvalue weighted by Gasteiger charge is 2.22. The third kappa shape index (κ3) is 5.45. The number of rotatable bonds is 8. The van der Waals surface area contributed by atoms with Crippen molar-refractivity contribution < 1.29 is 4.79 Å². The smallest absolute Gasteiger partial charge is 0.221 e. The van der Waals surface area contributed by atoms with Gasteiger partial charge in [-0.3, -0.25) is 4.79 Å². The lowest BCUT2D eigenvalue weighted by Crippen LogP contribution is -2.12. The number of amides is 1. The Balaban J connectivity index is 2.12. The number of carbonyl (C=O) groups excluding carboxylic acids is 1. The molecule has 32 heavy (non-hydrogen) atoms. The predicted octanol–water partition coefficient (Wildman–Crippen LogP) is 4.53. The van der Waals surface area contributed by atoms with E-state index in [-0.39, 0.29) is 5.91 Å². The van der Waals surface area contributed by atoms with E-state index in [1.165, 1.54) is 18.7 Å². The van der Waals surface area contributed by atoms with Crippen molar-refractivity contribution >= 4 is 29.2 Å². The minimum absolute atomic E-state index is 0.172. The minimum Gasteiger partial charge on any atom is -0.369 e. The van der Waals surface area contributed by atoms with E-state index in [0.717, 1.165) is 5.82 Å². The van der Waals surface area contributed by atoms with Gasteiger partial charge in [0.15, 0.2) is 0 Å². The van der Waals surface area contributed by atoms with Gasteiger partial charge in [0.25, 0.3) is 0 Å². The molecular weight excluding hydrogens is 422 g/mol. The fourth-order valence-corrected chi connectivity index (χ4v) is 3.91. The number of benzene rings is 1. The number of hydrogen-bond acceptors (Lipinski definition) is 7. The lowest BCUT2D eigenvalue weighted by atomic mass is 9.96. The minimum atomic E-state index is -0.172. The van der Waals surface area contributed by atoms with Gasteiger partial charge in [0.2, 0.25) is 5.91 Å². The van der Waals surface area contributed by atoms with E-state index in [1.807, 2.05) is 0 Å². The van der Waals surface area contributed by atoms with Gasteiger partial charge in [0.05, 0.1) is 11.3 Å². The molecule has 1 aromatic carbocycles. The summed E-state index contributed by atoms with van der Waals surface area (Å²) in [4.78, 5) is 23.2. The van der Waals surface area contributed by atoms with E-state index in [9.17, 15) is 15.3 Å². The molecule has 1 amide bonds. The first kappa shape index (κ1) is 22.9. The quantitative estimate of drug-likeness (QED) is 0.434. The van der Waals surface area contributed by atoms with Crippen LogP contribution in [0.1, 0.15) is 37.7 Å². The Morgan fingerprint density at radius 2 is 1.91 bits per heavy atom. The number of nitriles is 2. The number of pyridine rings is 1. The van der Waals surface area contributed by atoms with Crippen LogP contribution in [0.2, 0.25) is 0 Å².